The summed E-state index contributed by atoms with van der Waals surface area (Å²) >= 11 is 1.81. The van der Waals surface area contributed by atoms with E-state index in [4.69, 9.17) is 0 Å². The van der Waals surface area contributed by atoms with E-state index in [9.17, 15) is 4.39 Å². The van der Waals surface area contributed by atoms with E-state index in [1.165, 1.54) is 10.5 Å². The van der Waals surface area contributed by atoms with Gasteiger partial charge in [0, 0.05) is 16.1 Å². The molecular weight excluding hydrogens is 255 g/mol. The van der Waals surface area contributed by atoms with Gasteiger partial charge in [-0.1, -0.05) is 56.3 Å². The molecule has 0 spiro atoms. The van der Waals surface area contributed by atoms with Crippen LogP contribution in [0, 0.1) is 0 Å². The van der Waals surface area contributed by atoms with E-state index in [0.717, 1.165) is 11.3 Å². The van der Waals surface area contributed by atoms with Gasteiger partial charge >= 0.3 is 0 Å². The SMILES string of the molecule is CC(C)(CF)c1ccc(SCc2ccccc2)cc1. The van der Waals surface area contributed by atoms with E-state index in [1.807, 2.05) is 32.0 Å². The number of benzene rings is 2. The van der Waals surface area contributed by atoms with Crippen molar-refractivity contribution >= 4 is 11.8 Å². The fraction of sp³-hybridized carbons (Fsp3) is 0.294. The Morgan fingerprint density at radius 1 is 0.947 bits per heavy atom. The Morgan fingerprint density at radius 3 is 2.16 bits per heavy atom. The van der Waals surface area contributed by atoms with Crippen LogP contribution in [-0.4, -0.2) is 6.67 Å². The maximum absolute atomic E-state index is 12.9. The Morgan fingerprint density at radius 2 is 1.58 bits per heavy atom. The summed E-state index contributed by atoms with van der Waals surface area (Å²) in [5.74, 6) is 0.965. The Balaban J connectivity index is 2.00. The highest BCUT2D eigenvalue weighted by Crippen LogP contribution is 2.28. The maximum atomic E-state index is 12.9. The molecule has 0 aliphatic carbocycles. The summed E-state index contributed by atoms with van der Waals surface area (Å²) in [4.78, 5) is 1.22. The first-order valence-corrected chi connectivity index (χ1v) is 7.43. The summed E-state index contributed by atoms with van der Waals surface area (Å²) in [6, 6.07) is 18.6. The van der Waals surface area contributed by atoms with Crippen LogP contribution >= 0.6 is 11.8 Å². The molecule has 0 amide bonds. The van der Waals surface area contributed by atoms with Crippen LogP contribution < -0.4 is 0 Å². The van der Waals surface area contributed by atoms with Crippen LogP contribution in [0.2, 0.25) is 0 Å². The molecule has 0 saturated heterocycles. The fourth-order valence-electron chi connectivity index (χ4n) is 1.82. The molecule has 0 radical (unpaired) electrons. The van der Waals surface area contributed by atoms with Crippen molar-refractivity contribution in [1.82, 2.24) is 0 Å². The highest BCUT2D eigenvalue weighted by Gasteiger charge is 2.19. The van der Waals surface area contributed by atoms with Crippen LogP contribution in [0.1, 0.15) is 25.0 Å². The second-order valence-corrected chi connectivity index (χ2v) is 6.36. The lowest BCUT2D eigenvalue weighted by atomic mass is 9.86. The zero-order chi connectivity index (χ0) is 13.7. The Kier molecular flexibility index (Phi) is 4.65. The first-order valence-electron chi connectivity index (χ1n) is 6.45. The molecule has 0 saturated carbocycles. The normalized spacial score (nSPS) is 11.5. The first-order chi connectivity index (χ1) is 9.12. The predicted molar refractivity (Wildman–Crippen MR) is 81.4 cm³/mol. The van der Waals surface area contributed by atoms with E-state index in [0.29, 0.717) is 0 Å². The molecule has 0 unspecified atom stereocenters. The van der Waals surface area contributed by atoms with E-state index in [-0.39, 0.29) is 12.1 Å². The van der Waals surface area contributed by atoms with Gasteiger partial charge in [-0.15, -0.1) is 11.8 Å². The Bertz CT molecular complexity index is 503. The molecule has 0 atom stereocenters. The number of rotatable bonds is 5. The van der Waals surface area contributed by atoms with Crippen molar-refractivity contribution < 1.29 is 4.39 Å². The molecule has 0 fully saturated rings. The summed E-state index contributed by atoms with van der Waals surface area (Å²) in [7, 11) is 0. The Labute approximate surface area is 119 Å². The van der Waals surface area contributed by atoms with Crippen molar-refractivity contribution in [3.63, 3.8) is 0 Å². The average Bonchev–Trinajstić information content (AvgIpc) is 2.47. The van der Waals surface area contributed by atoms with Crippen molar-refractivity contribution in [3.05, 3.63) is 65.7 Å². The monoisotopic (exact) mass is 274 g/mol. The molecular formula is C17H19FS. The van der Waals surface area contributed by atoms with Gasteiger partial charge in [-0.2, -0.15) is 0 Å². The minimum Gasteiger partial charge on any atom is -0.250 e. The van der Waals surface area contributed by atoms with Crippen LogP contribution in [0.4, 0.5) is 4.39 Å². The van der Waals surface area contributed by atoms with Gasteiger partial charge in [0.2, 0.25) is 0 Å². The zero-order valence-corrected chi connectivity index (χ0v) is 12.2. The van der Waals surface area contributed by atoms with Gasteiger partial charge < -0.3 is 0 Å². The number of hydrogen-bond acceptors (Lipinski definition) is 1. The van der Waals surface area contributed by atoms with Crippen LogP contribution in [0.25, 0.3) is 0 Å². The second-order valence-electron chi connectivity index (χ2n) is 5.32. The van der Waals surface area contributed by atoms with Gasteiger partial charge in [0.05, 0.1) is 6.67 Å². The second kappa shape index (κ2) is 6.25. The van der Waals surface area contributed by atoms with Gasteiger partial charge in [0.1, 0.15) is 0 Å². The molecule has 0 heterocycles. The van der Waals surface area contributed by atoms with Gasteiger partial charge in [-0.05, 0) is 23.3 Å². The molecule has 2 rings (SSSR count). The average molecular weight is 274 g/mol. The zero-order valence-electron chi connectivity index (χ0n) is 11.4. The van der Waals surface area contributed by atoms with Gasteiger partial charge in [-0.3, -0.25) is 4.39 Å². The molecule has 0 nitrogen and oxygen atoms in total. The van der Waals surface area contributed by atoms with E-state index >= 15 is 0 Å². The third-order valence-corrected chi connectivity index (χ3v) is 4.30. The van der Waals surface area contributed by atoms with Crippen LogP contribution in [-0.2, 0) is 11.2 Å². The van der Waals surface area contributed by atoms with Crippen LogP contribution in [0.15, 0.2) is 59.5 Å². The van der Waals surface area contributed by atoms with Crippen molar-refractivity contribution in [1.29, 1.82) is 0 Å². The van der Waals surface area contributed by atoms with Crippen LogP contribution in [0.3, 0.4) is 0 Å². The molecule has 2 aromatic carbocycles. The van der Waals surface area contributed by atoms with Crippen LogP contribution in [0.5, 0.6) is 0 Å². The summed E-state index contributed by atoms with van der Waals surface area (Å²) in [6.07, 6.45) is 0. The number of thioether (sulfide) groups is 1. The van der Waals surface area contributed by atoms with E-state index in [2.05, 4.69) is 36.4 Å². The molecule has 100 valence electrons. The molecule has 0 aliphatic heterocycles. The summed E-state index contributed by atoms with van der Waals surface area (Å²) in [5, 5.41) is 0. The number of alkyl halides is 1. The van der Waals surface area contributed by atoms with E-state index in [1.54, 1.807) is 11.8 Å². The van der Waals surface area contributed by atoms with Crippen molar-refractivity contribution in [2.45, 2.75) is 29.9 Å². The highest BCUT2D eigenvalue weighted by atomic mass is 32.2. The summed E-state index contributed by atoms with van der Waals surface area (Å²) < 4.78 is 12.9. The fourth-order valence-corrected chi connectivity index (χ4v) is 2.67. The minimum absolute atomic E-state index is 0.330. The molecule has 2 aromatic rings. The third-order valence-electron chi connectivity index (χ3n) is 3.22. The lowest BCUT2D eigenvalue weighted by molar-refractivity contribution is 0.351. The van der Waals surface area contributed by atoms with Gasteiger partial charge in [-0.25, -0.2) is 0 Å². The standard InChI is InChI=1S/C17H19FS/c1-17(2,13-18)15-8-10-16(11-9-15)19-12-14-6-4-3-5-7-14/h3-11H,12-13H2,1-2H3. The molecule has 2 heteroatoms. The molecule has 0 aromatic heterocycles. The number of hydrogen-bond donors (Lipinski definition) is 0. The quantitative estimate of drug-likeness (QED) is 0.673. The van der Waals surface area contributed by atoms with Crippen molar-refractivity contribution in [3.8, 4) is 0 Å². The van der Waals surface area contributed by atoms with Crippen molar-refractivity contribution in [2.24, 2.45) is 0 Å². The summed E-state index contributed by atoms with van der Waals surface area (Å²) in [5.41, 5.74) is 1.99. The topological polar surface area (TPSA) is 0 Å². The lowest BCUT2D eigenvalue weighted by Gasteiger charge is -2.21. The summed E-state index contributed by atoms with van der Waals surface area (Å²) in [6.45, 7) is 3.53. The molecule has 0 aliphatic rings. The van der Waals surface area contributed by atoms with Gasteiger partial charge in [0.15, 0.2) is 0 Å². The number of halogens is 1. The highest BCUT2D eigenvalue weighted by molar-refractivity contribution is 7.98. The lowest BCUT2D eigenvalue weighted by Crippen LogP contribution is -2.19. The van der Waals surface area contributed by atoms with Gasteiger partial charge in [0.25, 0.3) is 0 Å². The predicted octanol–water partition coefficient (Wildman–Crippen LogP) is 5.23. The maximum Gasteiger partial charge on any atom is 0.0985 e. The van der Waals surface area contributed by atoms with Crippen molar-refractivity contribution in [2.75, 3.05) is 6.67 Å². The molecule has 0 N–H and O–H groups in total. The minimum atomic E-state index is -0.386. The largest absolute Gasteiger partial charge is 0.250 e. The first kappa shape index (κ1) is 14.1. The third kappa shape index (κ3) is 3.84. The van der Waals surface area contributed by atoms with E-state index < -0.39 is 0 Å². The molecule has 0 bridgehead atoms. The smallest absolute Gasteiger partial charge is 0.0985 e. The molecule has 19 heavy (non-hydrogen) atoms. The Hall–Kier alpha value is -1.28.